The van der Waals surface area contributed by atoms with Crippen LogP contribution in [0, 0.1) is 0 Å². The summed E-state index contributed by atoms with van der Waals surface area (Å²) in [4.78, 5) is 0. The lowest BCUT2D eigenvalue weighted by atomic mass is 10.3. The average molecular weight is 196 g/mol. The summed E-state index contributed by atoms with van der Waals surface area (Å²) in [5.41, 5.74) is 0. The van der Waals surface area contributed by atoms with E-state index in [2.05, 4.69) is 12.1 Å². The molecule has 2 nitrogen and oxygen atoms in total. The van der Waals surface area contributed by atoms with Crippen LogP contribution in [-0.4, -0.2) is 13.2 Å². The first kappa shape index (κ1) is 9.14. The molecule has 1 aliphatic heterocycles. The van der Waals surface area contributed by atoms with E-state index in [0.717, 1.165) is 26.1 Å². The molecule has 1 aliphatic rings. The van der Waals surface area contributed by atoms with Crippen LogP contribution in [0.5, 0.6) is 0 Å². The minimum Gasteiger partial charge on any atom is -0.331 e. The van der Waals surface area contributed by atoms with Gasteiger partial charge in [0.15, 0.2) is 0 Å². The molecule has 3 heteroatoms. The van der Waals surface area contributed by atoms with Crippen molar-refractivity contribution >= 4 is 13.7 Å². The summed E-state index contributed by atoms with van der Waals surface area (Å²) in [5.74, 6) is 0. The van der Waals surface area contributed by atoms with Gasteiger partial charge in [-0.25, -0.2) is 0 Å². The lowest BCUT2D eigenvalue weighted by molar-refractivity contribution is 0.302. The van der Waals surface area contributed by atoms with E-state index in [-0.39, 0.29) is 0 Å². The Hall–Kier alpha value is -0.430. The molecule has 13 heavy (non-hydrogen) atoms. The molecule has 1 aromatic rings. The molecule has 0 amide bonds. The largest absolute Gasteiger partial charge is 0.331 e. The Morgan fingerprint density at radius 1 is 0.923 bits per heavy atom. The van der Waals surface area contributed by atoms with Gasteiger partial charge in [0.2, 0.25) is 8.38 Å². The molecule has 0 saturated carbocycles. The Labute approximate surface area is 79.8 Å². The van der Waals surface area contributed by atoms with Gasteiger partial charge >= 0.3 is 0 Å². The van der Waals surface area contributed by atoms with E-state index < -0.39 is 8.38 Å². The molecule has 0 atom stereocenters. The van der Waals surface area contributed by atoms with Crippen LogP contribution in [0.25, 0.3) is 0 Å². The van der Waals surface area contributed by atoms with E-state index in [9.17, 15) is 0 Å². The van der Waals surface area contributed by atoms with Gasteiger partial charge in [0.1, 0.15) is 0 Å². The monoisotopic (exact) mass is 196 g/mol. The fraction of sp³-hybridized carbons (Fsp3) is 0.400. The predicted molar refractivity (Wildman–Crippen MR) is 54.1 cm³/mol. The molecule has 2 rings (SSSR count). The van der Waals surface area contributed by atoms with E-state index in [1.165, 1.54) is 5.30 Å². The number of hydrogen-bond acceptors (Lipinski definition) is 2. The topological polar surface area (TPSA) is 18.5 Å². The highest BCUT2D eigenvalue weighted by molar-refractivity contribution is 7.56. The molecule has 70 valence electrons. The fourth-order valence-corrected chi connectivity index (χ4v) is 2.61. The van der Waals surface area contributed by atoms with Crippen LogP contribution in [-0.2, 0) is 9.05 Å². The maximum atomic E-state index is 5.63. The molecule has 0 aromatic heterocycles. The van der Waals surface area contributed by atoms with Crippen LogP contribution in [0.3, 0.4) is 0 Å². The molecular weight excluding hydrogens is 183 g/mol. The molecule has 0 aliphatic carbocycles. The smallest absolute Gasteiger partial charge is 0.205 e. The Kier molecular flexibility index (Phi) is 3.31. The second-order valence-corrected chi connectivity index (χ2v) is 4.51. The van der Waals surface area contributed by atoms with Crippen molar-refractivity contribution in [3.05, 3.63) is 30.3 Å². The van der Waals surface area contributed by atoms with Gasteiger partial charge in [-0.3, -0.25) is 0 Å². The zero-order valence-electron chi connectivity index (χ0n) is 7.48. The molecule has 1 fully saturated rings. The van der Waals surface area contributed by atoms with Crippen molar-refractivity contribution in [2.75, 3.05) is 13.2 Å². The van der Waals surface area contributed by atoms with E-state index in [1.54, 1.807) is 0 Å². The summed E-state index contributed by atoms with van der Waals surface area (Å²) >= 11 is 0. The normalized spacial score (nSPS) is 19.7. The van der Waals surface area contributed by atoms with E-state index in [0.29, 0.717) is 0 Å². The Morgan fingerprint density at radius 2 is 1.54 bits per heavy atom. The SMILES string of the molecule is c1ccc(P2OCCCCO2)cc1. The summed E-state index contributed by atoms with van der Waals surface area (Å²) in [6.45, 7) is 1.67. The maximum absolute atomic E-state index is 5.63. The molecule has 1 heterocycles. The third kappa shape index (κ3) is 2.50. The molecule has 0 spiro atoms. The van der Waals surface area contributed by atoms with Gasteiger partial charge in [0.25, 0.3) is 0 Å². The minimum atomic E-state index is -0.793. The summed E-state index contributed by atoms with van der Waals surface area (Å²) in [6.07, 6.45) is 2.23. The van der Waals surface area contributed by atoms with Crippen LogP contribution >= 0.6 is 8.38 Å². The van der Waals surface area contributed by atoms with Crippen LogP contribution in [0.2, 0.25) is 0 Å². The maximum Gasteiger partial charge on any atom is 0.205 e. The predicted octanol–water partition coefficient (Wildman–Crippen LogP) is 2.45. The number of rotatable bonds is 1. The van der Waals surface area contributed by atoms with Crippen molar-refractivity contribution in [1.82, 2.24) is 0 Å². The highest BCUT2D eigenvalue weighted by Gasteiger charge is 2.15. The van der Waals surface area contributed by atoms with Gasteiger partial charge in [0.05, 0.1) is 13.2 Å². The van der Waals surface area contributed by atoms with Gasteiger partial charge in [0, 0.05) is 5.30 Å². The van der Waals surface area contributed by atoms with Crippen molar-refractivity contribution in [2.45, 2.75) is 12.8 Å². The first-order valence-electron chi connectivity index (χ1n) is 4.58. The molecular formula is C10H13O2P. The lowest BCUT2D eigenvalue weighted by Gasteiger charge is -2.13. The highest BCUT2D eigenvalue weighted by atomic mass is 31.2. The highest BCUT2D eigenvalue weighted by Crippen LogP contribution is 2.39. The van der Waals surface area contributed by atoms with Gasteiger partial charge < -0.3 is 9.05 Å². The zero-order valence-corrected chi connectivity index (χ0v) is 8.37. The molecule has 0 radical (unpaired) electrons. The lowest BCUT2D eigenvalue weighted by Crippen LogP contribution is -2.03. The van der Waals surface area contributed by atoms with E-state index in [4.69, 9.17) is 9.05 Å². The Bertz CT molecular complexity index is 242. The average Bonchev–Trinajstić information content (AvgIpc) is 2.47. The third-order valence-corrected chi connectivity index (χ3v) is 3.48. The molecule has 1 aromatic carbocycles. The second kappa shape index (κ2) is 4.71. The quantitative estimate of drug-likeness (QED) is 0.642. The number of hydrogen-bond donors (Lipinski definition) is 0. The van der Waals surface area contributed by atoms with E-state index >= 15 is 0 Å². The summed E-state index contributed by atoms with van der Waals surface area (Å²) in [7, 11) is -0.793. The van der Waals surface area contributed by atoms with E-state index in [1.807, 2.05) is 18.2 Å². The van der Waals surface area contributed by atoms with Gasteiger partial charge in [-0.2, -0.15) is 0 Å². The summed E-state index contributed by atoms with van der Waals surface area (Å²) < 4.78 is 11.3. The molecule has 0 N–H and O–H groups in total. The van der Waals surface area contributed by atoms with Crippen molar-refractivity contribution < 1.29 is 9.05 Å². The van der Waals surface area contributed by atoms with Crippen molar-refractivity contribution in [1.29, 1.82) is 0 Å². The van der Waals surface area contributed by atoms with Gasteiger partial charge in [-0.1, -0.05) is 18.2 Å². The summed E-state index contributed by atoms with van der Waals surface area (Å²) in [6, 6.07) is 10.2. The van der Waals surface area contributed by atoms with Crippen molar-refractivity contribution in [2.24, 2.45) is 0 Å². The summed E-state index contributed by atoms with van der Waals surface area (Å²) in [5, 5.41) is 1.18. The van der Waals surface area contributed by atoms with Gasteiger partial charge in [-0.15, -0.1) is 0 Å². The van der Waals surface area contributed by atoms with Crippen LogP contribution in [0.1, 0.15) is 12.8 Å². The fourth-order valence-electron chi connectivity index (χ4n) is 1.24. The standard InChI is InChI=1S/C10H13O2P/c1-2-6-10(7-3-1)13-11-8-4-5-9-12-13/h1-3,6-7H,4-5,8-9H2. The van der Waals surface area contributed by atoms with Crippen molar-refractivity contribution in [3.63, 3.8) is 0 Å². The Balaban J connectivity index is 2.06. The zero-order chi connectivity index (χ0) is 8.93. The molecule has 0 unspecified atom stereocenters. The first-order valence-corrected chi connectivity index (χ1v) is 5.75. The number of benzene rings is 1. The van der Waals surface area contributed by atoms with Crippen molar-refractivity contribution in [3.8, 4) is 0 Å². The third-order valence-electron chi connectivity index (χ3n) is 1.92. The molecule has 0 bridgehead atoms. The minimum absolute atomic E-state index is 0.793. The van der Waals surface area contributed by atoms with Crippen LogP contribution in [0.15, 0.2) is 30.3 Å². The second-order valence-electron chi connectivity index (χ2n) is 2.97. The van der Waals surface area contributed by atoms with Gasteiger partial charge in [-0.05, 0) is 25.0 Å². The van der Waals surface area contributed by atoms with Crippen LogP contribution < -0.4 is 5.30 Å². The first-order chi connectivity index (χ1) is 6.47. The van der Waals surface area contributed by atoms with Crippen LogP contribution in [0.4, 0.5) is 0 Å². The molecule has 1 saturated heterocycles. The Morgan fingerprint density at radius 3 is 2.15 bits per heavy atom.